The number of hydrogen-bond acceptors (Lipinski definition) is 3. The highest BCUT2D eigenvalue weighted by atomic mass is 32.2. The molecule has 0 spiro atoms. The van der Waals surface area contributed by atoms with Crippen LogP contribution in [0.2, 0.25) is 0 Å². The van der Waals surface area contributed by atoms with Gasteiger partial charge < -0.3 is 10.2 Å². The van der Waals surface area contributed by atoms with E-state index in [4.69, 9.17) is 0 Å². The average Bonchev–Trinajstić information content (AvgIpc) is 2.79. The molecule has 3 aromatic rings. The maximum absolute atomic E-state index is 13.3. The third kappa shape index (κ3) is 5.92. The Morgan fingerprint density at radius 3 is 2.42 bits per heavy atom. The van der Waals surface area contributed by atoms with E-state index in [1.54, 1.807) is 42.3 Å². The van der Waals surface area contributed by atoms with Crippen LogP contribution < -0.4 is 5.32 Å². The fourth-order valence-corrected chi connectivity index (χ4v) is 3.77. The molecule has 1 N–H and O–H groups in total. The lowest BCUT2D eigenvalue weighted by molar-refractivity contribution is -0.128. The molecule has 4 nitrogen and oxygen atoms in total. The normalized spacial score (nSPS) is 11.6. The molecule has 3 rings (SSSR count). The molecule has 0 saturated carbocycles. The predicted molar refractivity (Wildman–Crippen MR) is 119 cm³/mol. The zero-order valence-corrected chi connectivity index (χ0v) is 18.0. The molecule has 0 radical (unpaired) electrons. The van der Waals surface area contributed by atoms with Crippen LogP contribution in [0.1, 0.15) is 28.9 Å². The summed E-state index contributed by atoms with van der Waals surface area (Å²) in [5.41, 5.74) is 2.05. The van der Waals surface area contributed by atoms with Crippen LogP contribution in [0.5, 0.6) is 0 Å². The largest absolute Gasteiger partial charge is 0.338 e. The van der Waals surface area contributed by atoms with E-state index < -0.39 is 11.6 Å². The molecule has 0 aliphatic rings. The average molecular weight is 441 g/mol. The van der Waals surface area contributed by atoms with Crippen LogP contribution in [-0.2, 0) is 4.79 Å². The minimum Gasteiger partial charge on any atom is -0.338 e. The maximum Gasteiger partial charge on any atom is 0.255 e. The van der Waals surface area contributed by atoms with Crippen LogP contribution in [-0.4, -0.2) is 29.5 Å². The molecule has 7 heteroatoms. The zero-order chi connectivity index (χ0) is 22.4. The van der Waals surface area contributed by atoms with Gasteiger partial charge in [0.2, 0.25) is 5.91 Å². The van der Waals surface area contributed by atoms with Crippen LogP contribution in [0.25, 0.3) is 0 Å². The quantitative estimate of drug-likeness (QED) is 0.492. The van der Waals surface area contributed by atoms with Gasteiger partial charge in [-0.2, -0.15) is 0 Å². The summed E-state index contributed by atoms with van der Waals surface area (Å²) in [6.07, 6.45) is 0. The van der Waals surface area contributed by atoms with Crippen molar-refractivity contribution in [3.05, 3.63) is 95.6 Å². The van der Waals surface area contributed by atoms with E-state index in [1.807, 2.05) is 31.2 Å². The Balaban J connectivity index is 1.62. The number of amides is 2. The SMILES string of the molecule is CC(c1cccc(NC(=O)c2ccccc2)c1)N(C)C(=O)CSc1ccc(F)c(F)c1. The van der Waals surface area contributed by atoms with Crippen LogP contribution in [0, 0.1) is 11.6 Å². The number of hydrogen-bond donors (Lipinski definition) is 1. The maximum atomic E-state index is 13.3. The Labute approximate surface area is 184 Å². The smallest absolute Gasteiger partial charge is 0.255 e. The minimum atomic E-state index is -0.937. The van der Waals surface area contributed by atoms with Crippen LogP contribution >= 0.6 is 11.8 Å². The van der Waals surface area contributed by atoms with Gasteiger partial charge in [0, 0.05) is 23.2 Å². The van der Waals surface area contributed by atoms with E-state index in [0.717, 1.165) is 29.5 Å². The first-order valence-electron chi connectivity index (χ1n) is 9.65. The van der Waals surface area contributed by atoms with Crippen molar-refractivity contribution in [2.24, 2.45) is 0 Å². The number of nitrogens with one attached hydrogen (secondary N) is 1. The summed E-state index contributed by atoms with van der Waals surface area (Å²) in [5, 5.41) is 2.87. The second-order valence-electron chi connectivity index (χ2n) is 6.99. The molecule has 0 fully saturated rings. The number of carbonyl (C=O) groups excluding carboxylic acids is 2. The zero-order valence-electron chi connectivity index (χ0n) is 17.1. The van der Waals surface area contributed by atoms with Crippen molar-refractivity contribution in [3.63, 3.8) is 0 Å². The van der Waals surface area contributed by atoms with Gasteiger partial charge in [-0.05, 0) is 55.0 Å². The molecule has 1 atom stereocenters. The summed E-state index contributed by atoms with van der Waals surface area (Å²) in [6, 6.07) is 19.6. The molecule has 0 saturated heterocycles. The second-order valence-corrected chi connectivity index (χ2v) is 8.04. The van der Waals surface area contributed by atoms with E-state index >= 15 is 0 Å². The van der Waals surface area contributed by atoms with Crippen LogP contribution in [0.3, 0.4) is 0 Å². The summed E-state index contributed by atoms with van der Waals surface area (Å²) >= 11 is 1.15. The Morgan fingerprint density at radius 1 is 0.968 bits per heavy atom. The molecule has 2 amide bonds. The monoisotopic (exact) mass is 440 g/mol. The highest BCUT2D eigenvalue weighted by molar-refractivity contribution is 8.00. The molecule has 3 aromatic carbocycles. The molecule has 0 aliphatic carbocycles. The molecule has 0 bridgehead atoms. The van der Waals surface area contributed by atoms with Gasteiger partial charge in [0.15, 0.2) is 11.6 Å². The van der Waals surface area contributed by atoms with E-state index in [9.17, 15) is 18.4 Å². The standard InChI is InChI=1S/C24H22F2N2O2S/c1-16(28(2)23(29)15-31-20-11-12-21(25)22(26)14-20)18-9-6-10-19(13-18)27-24(30)17-7-4-3-5-8-17/h3-14,16H,15H2,1-2H3,(H,27,30). The van der Waals surface area contributed by atoms with Crippen molar-refractivity contribution in [1.82, 2.24) is 4.90 Å². The van der Waals surface area contributed by atoms with Crippen molar-refractivity contribution in [1.29, 1.82) is 0 Å². The highest BCUT2D eigenvalue weighted by Gasteiger charge is 2.18. The fourth-order valence-electron chi connectivity index (χ4n) is 2.92. The molecule has 0 aliphatic heterocycles. The lowest BCUT2D eigenvalue weighted by Crippen LogP contribution is -2.31. The van der Waals surface area contributed by atoms with Gasteiger partial charge >= 0.3 is 0 Å². The molecule has 1 unspecified atom stereocenters. The minimum absolute atomic E-state index is 0.0936. The number of thioether (sulfide) groups is 1. The van der Waals surface area contributed by atoms with Gasteiger partial charge in [0.05, 0.1) is 11.8 Å². The summed E-state index contributed by atoms with van der Waals surface area (Å²) < 4.78 is 26.4. The number of benzene rings is 3. The fraction of sp³-hybridized carbons (Fsp3) is 0.167. The Hall–Kier alpha value is -3.19. The van der Waals surface area contributed by atoms with Crippen LogP contribution in [0.15, 0.2) is 77.7 Å². The van der Waals surface area contributed by atoms with Crippen molar-refractivity contribution < 1.29 is 18.4 Å². The number of halogens is 2. The van der Waals surface area contributed by atoms with Crippen molar-refractivity contribution in [2.45, 2.75) is 17.9 Å². The van der Waals surface area contributed by atoms with Crippen LogP contribution in [0.4, 0.5) is 14.5 Å². The first kappa shape index (κ1) is 22.5. The first-order chi connectivity index (χ1) is 14.8. The third-order valence-electron chi connectivity index (χ3n) is 4.89. The van der Waals surface area contributed by atoms with E-state index in [2.05, 4.69) is 5.32 Å². The van der Waals surface area contributed by atoms with Gasteiger partial charge in [-0.1, -0.05) is 30.3 Å². The molecule has 0 aromatic heterocycles. The Bertz CT molecular complexity index is 1080. The van der Waals surface area contributed by atoms with Gasteiger partial charge in [-0.15, -0.1) is 11.8 Å². The molecule has 160 valence electrons. The topological polar surface area (TPSA) is 49.4 Å². The van der Waals surface area contributed by atoms with Crippen molar-refractivity contribution in [2.75, 3.05) is 18.1 Å². The summed E-state index contributed by atoms with van der Waals surface area (Å²) in [5.74, 6) is -2.12. The molecular weight excluding hydrogens is 418 g/mol. The van der Waals surface area contributed by atoms with E-state index in [0.29, 0.717) is 16.1 Å². The predicted octanol–water partition coefficient (Wildman–Crippen LogP) is 5.53. The van der Waals surface area contributed by atoms with Crippen molar-refractivity contribution in [3.8, 4) is 0 Å². The third-order valence-corrected chi connectivity index (χ3v) is 5.87. The molecule has 31 heavy (non-hydrogen) atoms. The number of anilines is 1. The lowest BCUT2D eigenvalue weighted by atomic mass is 10.1. The Kier molecular flexibility index (Phi) is 7.41. The number of rotatable bonds is 7. The number of nitrogens with zero attached hydrogens (tertiary/aromatic N) is 1. The van der Waals surface area contributed by atoms with E-state index in [-0.39, 0.29) is 23.6 Å². The second kappa shape index (κ2) is 10.2. The van der Waals surface area contributed by atoms with Crippen molar-refractivity contribution >= 4 is 29.3 Å². The highest BCUT2D eigenvalue weighted by Crippen LogP contribution is 2.25. The first-order valence-corrected chi connectivity index (χ1v) is 10.6. The summed E-state index contributed by atoms with van der Waals surface area (Å²) in [4.78, 5) is 27.0. The van der Waals surface area contributed by atoms with Gasteiger partial charge in [0.25, 0.3) is 5.91 Å². The summed E-state index contributed by atoms with van der Waals surface area (Å²) in [6.45, 7) is 1.89. The van der Waals surface area contributed by atoms with Gasteiger partial charge in [-0.25, -0.2) is 8.78 Å². The molecular formula is C24H22F2N2O2S. The molecule has 0 heterocycles. The lowest BCUT2D eigenvalue weighted by Gasteiger charge is -2.25. The van der Waals surface area contributed by atoms with Gasteiger partial charge in [-0.3, -0.25) is 9.59 Å². The van der Waals surface area contributed by atoms with E-state index in [1.165, 1.54) is 6.07 Å². The summed E-state index contributed by atoms with van der Waals surface area (Å²) in [7, 11) is 1.69. The Morgan fingerprint density at radius 2 is 1.71 bits per heavy atom. The van der Waals surface area contributed by atoms with Gasteiger partial charge in [0.1, 0.15) is 0 Å². The number of carbonyl (C=O) groups is 2.